The summed E-state index contributed by atoms with van der Waals surface area (Å²) in [6.07, 6.45) is 9.36. The van der Waals surface area contributed by atoms with Crippen LogP contribution in [0.15, 0.2) is 63.5 Å². The van der Waals surface area contributed by atoms with Crippen LogP contribution in [0.25, 0.3) is 76.4 Å². The van der Waals surface area contributed by atoms with Crippen LogP contribution in [0.2, 0.25) is 0 Å². The Morgan fingerprint density at radius 2 is 1.44 bits per heavy atom. The van der Waals surface area contributed by atoms with Crippen LogP contribution >= 0.6 is 22.7 Å². The zero-order chi connectivity index (χ0) is 42.8. The van der Waals surface area contributed by atoms with Gasteiger partial charge in [0.25, 0.3) is 0 Å². The number of aryl methyl sites for hydroxylation is 2. The molecule has 21 heteroatoms. The Morgan fingerprint density at radius 3 is 2.13 bits per heavy atom. The van der Waals surface area contributed by atoms with Gasteiger partial charge in [-0.15, -0.1) is 27.8 Å². The molecule has 9 aromatic rings. The molecular formula is C41H41N13O4S4. The lowest BCUT2D eigenvalue weighted by Crippen LogP contribution is -2.28. The van der Waals surface area contributed by atoms with Crippen molar-refractivity contribution in [3.8, 4) is 33.8 Å². The van der Waals surface area contributed by atoms with Gasteiger partial charge in [-0.25, -0.2) is 19.9 Å². The lowest BCUT2D eigenvalue weighted by Gasteiger charge is -2.37. The van der Waals surface area contributed by atoms with Crippen LogP contribution in [-0.4, -0.2) is 102 Å². The Bertz CT molecular complexity index is 3240. The Kier molecular flexibility index (Phi) is 10.6. The van der Waals surface area contributed by atoms with Gasteiger partial charge in [-0.05, 0) is 60.6 Å². The fourth-order valence-electron chi connectivity index (χ4n) is 8.13. The third-order valence-electron chi connectivity index (χ3n) is 11.3. The Balaban J connectivity index is 1.02. The zero-order valence-corrected chi connectivity index (χ0v) is 37.4. The van der Waals surface area contributed by atoms with E-state index in [-0.39, 0.29) is 11.8 Å². The van der Waals surface area contributed by atoms with Gasteiger partial charge in [0.1, 0.15) is 23.6 Å². The van der Waals surface area contributed by atoms with Crippen LogP contribution in [0.4, 0.5) is 11.4 Å². The molecule has 9 aromatic heterocycles. The molecule has 3 unspecified atom stereocenters. The topological polar surface area (TPSA) is 223 Å². The highest BCUT2D eigenvalue weighted by Crippen LogP contribution is 2.50. The van der Waals surface area contributed by atoms with Crippen LogP contribution in [0, 0.1) is 5.92 Å². The van der Waals surface area contributed by atoms with Crippen LogP contribution < -0.4 is 11.5 Å². The highest BCUT2D eigenvalue weighted by molar-refractivity contribution is 7.88. The molecule has 0 radical (unpaired) electrons. The standard InChI is InChI=1S/C41H41N13O4S4/c1-52-19-24-13-22(17-44-36(24)50-52)30-16-27(33-35(43)41(60-39(33)47-30)62(56)12-10-58-4)28-7-8-54(49-28)20-21-5-6-25(21)26-15-29(23-14-31-37(45-18-23)51-53(2)48-31)46-38-32(26)34(42)40(59-38)61(55)11-9-57-3/h7-8,13-19,21,25H,5-6,9-12,20,42-43H2,1-4H3/t21?,25?,61?,62-/m0/s1. The van der Waals surface area contributed by atoms with Crippen LogP contribution in [0.5, 0.6) is 0 Å². The minimum absolute atomic E-state index is 0.128. The fraction of sp³-hybridized carbons (Fsp3) is 0.317. The number of methoxy groups -OCH3 is 2. The molecular weight excluding hydrogens is 867 g/mol. The SMILES string of the molecule is COCCS(=O)c1sc2nc(-c3cnc4nn(C)nc4c3)cc(C3CCC3Cn3ccc(-c4cc(-c5cnc6nn(C)cc6c5)nc5sc([S@@](=O)CCOC)c(N)c45)n3)c2c1N. The predicted octanol–water partition coefficient (Wildman–Crippen LogP) is 5.93. The van der Waals surface area contributed by atoms with Crippen molar-refractivity contribution in [2.75, 3.05) is 50.4 Å². The summed E-state index contributed by atoms with van der Waals surface area (Å²) in [5.74, 6) is 0.999. The second-order valence-electron chi connectivity index (χ2n) is 15.3. The van der Waals surface area contributed by atoms with Gasteiger partial charge in [-0.2, -0.15) is 20.1 Å². The van der Waals surface area contributed by atoms with Gasteiger partial charge in [0.15, 0.2) is 5.65 Å². The molecule has 0 amide bonds. The van der Waals surface area contributed by atoms with E-state index in [1.165, 1.54) is 27.5 Å². The predicted molar refractivity (Wildman–Crippen MR) is 244 cm³/mol. The van der Waals surface area contributed by atoms with Crippen molar-refractivity contribution in [3.63, 3.8) is 0 Å². The number of pyridine rings is 4. The first-order valence-electron chi connectivity index (χ1n) is 19.8. The van der Waals surface area contributed by atoms with E-state index in [9.17, 15) is 8.42 Å². The zero-order valence-electron chi connectivity index (χ0n) is 34.1. The van der Waals surface area contributed by atoms with Crippen molar-refractivity contribution in [2.24, 2.45) is 20.0 Å². The van der Waals surface area contributed by atoms with Crippen LogP contribution in [0.1, 0.15) is 24.3 Å². The average Bonchev–Trinajstić information content (AvgIpc) is 4.09. The van der Waals surface area contributed by atoms with Gasteiger partial charge in [0.05, 0.1) is 74.8 Å². The molecule has 0 aromatic carbocycles. The number of nitrogens with two attached hydrogens (primary N) is 2. The first-order valence-corrected chi connectivity index (χ1v) is 24.1. The number of nitrogens with zero attached hydrogens (tertiary/aromatic N) is 11. The minimum Gasteiger partial charge on any atom is -0.396 e. The molecule has 4 N–H and O–H groups in total. The van der Waals surface area contributed by atoms with Crippen molar-refractivity contribution >= 4 is 98.3 Å². The van der Waals surface area contributed by atoms with E-state index in [2.05, 4.69) is 31.3 Å². The molecule has 9 heterocycles. The summed E-state index contributed by atoms with van der Waals surface area (Å²) in [6.45, 7) is 1.33. The molecule has 62 heavy (non-hydrogen) atoms. The van der Waals surface area contributed by atoms with Gasteiger partial charge in [-0.3, -0.25) is 17.8 Å². The van der Waals surface area contributed by atoms with Crippen molar-refractivity contribution in [1.29, 1.82) is 0 Å². The summed E-state index contributed by atoms with van der Waals surface area (Å²) in [4.78, 5) is 22.2. The molecule has 0 bridgehead atoms. The normalized spacial score (nSPS) is 16.5. The largest absolute Gasteiger partial charge is 0.396 e. The number of aromatic nitrogens is 11. The van der Waals surface area contributed by atoms with Crippen LogP contribution in [-0.2, 0) is 51.7 Å². The molecule has 1 saturated carbocycles. The van der Waals surface area contributed by atoms with Gasteiger partial charge in [-0.1, -0.05) is 0 Å². The number of ether oxygens (including phenoxy) is 2. The highest BCUT2D eigenvalue weighted by atomic mass is 32.2. The molecule has 17 nitrogen and oxygen atoms in total. The van der Waals surface area contributed by atoms with Gasteiger partial charge >= 0.3 is 0 Å². The van der Waals surface area contributed by atoms with E-state index in [4.69, 9.17) is 36.0 Å². The Morgan fingerprint density at radius 1 is 0.774 bits per heavy atom. The Hall–Kier alpha value is -5.58. The smallest absolute Gasteiger partial charge is 0.201 e. The number of thiophene rings is 2. The van der Waals surface area contributed by atoms with E-state index >= 15 is 0 Å². The highest BCUT2D eigenvalue weighted by Gasteiger charge is 2.36. The molecule has 1 fully saturated rings. The van der Waals surface area contributed by atoms with Gasteiger partial charge in [0, 0.05) is 92.5 Å². The molecule has 0 spiro atoms. The van der Waals surface area contributed by atoms with Gasteiger partial charge < -0.3 is 20.9 Å². The maximum atomic E-state index is 13.5. The minimum atomic E-state index is -1.38. The third kappa shape index (κ3) is 7.24. The summed E-state index contributed by atoms with van der Waals surface area (Å²) in [5.41, 5.74) is 22.1. The Labute approximate surface area is 367 Å². The molecule has 4 atom stereocenters. The van der Waals surface area contributed by atoms with Crippen molar-refractivity contribution in [1.82, 2.24) is 54.5 Å². The summed E-state index contributed by atoms with van der Waals surface area (Å²) >= 11 is 2.70. The molecule has 0 aliphatic heterocycles. The van der Waals surface area contributed by atoms with Crippen molar-refractivity contribution < 1.29 is 17.9 Å². The molecule has 318 valence electrons. The summed E-state index contributed by atoms with van der Waals surface area (Å²) < 4.78 is 42.3. The summed E-state index contributed by atoms with van der Waals surface area (Å²) in [7, 11) is 4.08. The lowest BCUT2D eigenvalue weighted by atomic mass is 9.69. The quantitative estimate of drug-likeness (QED) is 0.129. The third-order valence-corrected chi connectivity index (χ3v) is 17.0. The monoisotopic (exact) mass is 907 g/mol. The first kappa shape index (κ1) is 40.5. The molecule has 1 aliphatic carbocycles. The maximum absolute atomic E-state index is 13.5. The lowest BCUT2D eigenvalue weighted by molar-refractivity contribution is 0.217. The number of hydrogen-bond acceptors (Lipinski definition) is 16. The van der Waals surface area contributed by atoms with E-state index in [1.807, 2.05) is 48.4 Å². The fourth-order valence-corrected chi connectivity index (χ4v) is 13.3. The first-order chi connectivity index (χ1) is 30.1. The molecule has 10 rings (SSSR count). The van der Waals surface area contributed by atoms with Crippen LogP contribution in [0.3, 0.4) is 0 Å². The number of hydrogen-bond donors (Lipinski definition) is 2. The second kappa shape index (κ2) is 16.3. The van der Waals surface area contributed by atoms with E-state index in [1.54, 1.807) is 38.3 Å². The average molecular weight is 908 g/mol. The number of fused-ring (bicyclic) bond motifs is 4. The number of nitrogen functional groups attached to an aromatic ring is 2. The second-order valence-corrected chi connectivity index (χ2v) is 20.8. The maximum Gasteiger partial charge on any atom is 0.201 e. The number of rotatable bonds is 14. The van der Waals surface area contributed by atoms with E-state index in [0.717, 1.165) is 62.1 Å². The molecule has 0 saturated heterocycles. The van der Waals surface area contributed by atoms with Crippen molar-refractivity contribution in [3.05, 3.63) is 60.7 Å². The summed E-state index contributed by atoms with van der Waals surface area (Å²) in [6, 6.07) is 10.1. The summed E-state index contributed by atoms with van der Waals surface area (Å²) in [5, 5.41) is 20.8. The van der Waals surface area contributed by atoms with E-state index < -0.39 is 21.6 Å². The molecule has 1 aliphatic rings. The van der Waals surface area contributed by atoms with E-state index in [0.29, 0.717) is 83.8 Å². The van der Waals surface area contributed by atoms with Crippen molar-refractivity contribution in [2.45, 2.75) is 33.7 Å². The van der Waals surface area contributed by atoms with Gasteiger partial charge in [0.2, 0.25) is 5.65 Å². The number of anilines is 2.